The summed E-state index contributed by atoms with van der Waals surface area (Å²) in [5, 5.41) is 2.94. The number of carbonyl (C=O) groups is 2. The highest BCUT2D eigenvalue weighted by Gasteiger charge is 2.27. The van der Waals surface area contributed by atoms with Gasteiger partial charge in [-0.2, -0.15) is 0 Å². The van der Waals surface area contributed by atoms with Crippen LogP contribution < -0.4 is 5.32 Å². The molecule has 1 saturated heterocycles. The Morgan fingerprint density at radius 2 is 1.96 bits per heavy atom. The molecular formula is C18H24F2N2O2S. The number of likely N-dealkylation sites (tertiary alicyclic amines) is 1. The number of hydrogen-bond donors (Lipinski definition) is 1. The molecule has 2 amide bonds. The Balaban J connectivity index is 1.73. The van der Waals surface area contributed by atoms with E-state index in [2.05, 4.69) is 12.2 Å². The molecule has 1 N–H and O–H groups in total. The number of piperidine rings is 1. The largest absolute Gasteiger partial charge is 0.356 e. The van der Waals surface area contributed by atoms with Crippen LogP contribution in [0.2, 0.25) is 0 Å². The van der Waals surface area contributed by atoms with Crippen LogP contribution in [-0.2, 0) is 9.59 Å². The van der Waals surface area contributed by atoms with Crippen molar-refractivity contribution in [1.29, 1.82) is 0 Å². The molecule has 0 bridgehead atoms. The minimum Gasteiger partial charge on any atom is -0.356 e. The number of nitrogens with zero attached hydrogens (tertiary/aromatic N) is 1. The molecule has 7 heteroatoms. The summed E-state index contributed by atoms with van der Waals surface area (Å²) in [6.45, 7) is 3.90. The maximum atomic E-state index is 13.2. The summed E-state index contributed by atoms with van der Waals surface area (Å²) < 4.78 is 26.1. The van der Waals surface area contributed by atoms with Crippen molar-refractivity contribution in [2.75, 3.05) is 25.4 Å². The van der Waals surface area contributed by atoms with Gasteiger partial charge in [-0.3, -0.25) is 9.59 Å². The normalized spacial score (nSPS) is 15.2. The topological polar surface area (TPSA) is 49.4 Å². The summed E-state index contributed by atoms with van der Waals surface area (Å²) in [6, 6.07) is 3.62. The lowest BCUT2D eigenvalue weighted by molar-refractivity contribution is -0.133. The molecule has 4 nitrogen and oxygen atoms in total. The summed E-state index contributed by atoms with van der Waals surface area (Å²) in [5.74, 6) is -1.61. The van der Waals surface area contributed by atoms with Gasteiger partial charge in [0.05, 0.1) is 5.75 Å². The lowest BCUT2D eigenvalue weighted by Gasteiger charge is -2.31. The Kier molecular flexibility index (Phi) is 7.68. The number of hydrogen-bond acceptors (Lipinski definition) is 3. The number of carbonyl (C=O) groups excluding carboxylic acids is 2. The average Bonchev–Trinajstić information content (AvgIpc) is 2.62. The number of thioether (sulfide) groups is 1. The SMILES string of the molecule is CCCCNC(=O)C1CCN(C(=O)CSc2ccc(F)c(F)c2)CC1. The second-order valence-corrected chi connectivity index (χ2v) is 7.21. The molecule has 1 heterocycles. The molecule has 2 rings (SSSR count). The summed E-state index contributed by atoms with van der Waals surface area (Å²) in [4.78, 5) is 26.5. The molecule has 0 aliphatic carbocycles. The number of unbranched alkanes of at least 4 members (excludes halogenated alkanes) is 1. The van der Waals surface area contributed by atoms with Crippen molar-refractivity contribution < 1.29 is 18.4 Å². The van der Waals surface area contributed by atoms with E-state index in [1.807, 2.05) is 0 Å². The highest BCUT2D eigenvalue weighted by atomic mass is 32.2. The molecule has 25 heavy (non-hydrogen) atoms. The van der Waals surface area contributed by atoms with Crippen molar-refractivity contribution in [3.8, 4) is 0 Å². The van der Waals surface area contributed by atoms with Gasteiger partial charge in [-0.05, 0) is 37.5 Å². The van der Waals surface area contributed by atoms with E-state index >= 15 is 0 Å². The van der Waals surface area contributed by atoms with E-state index in [0.29, 0.717) is 37.4 Å². The van der Waals surface area contributed by atoms with E-state index in [-0.39, 0.29) is 23.5 Å². The molecule has 1 fully saturated rings. The third-order valence-electron chi connectivity index (χ3n) is 4.30. The predicted molar refractivity (Wildman–Crippen MR) is 94.3 cm³/mol. The van der Waals surface area contributed by atoms with Crippen LogP contribution in [0.4, 0.5) is 8.78 Å². The van der Waals surface area contributed by atoms with Gasteiger partial charge in [-0.25, -0.2) is 8.78 Å². The first-order valence-electron chi connectivity index (χ1n) is 8.64. The standard InChI is InChI=1S/C18H24F2N2O2S/c1-2-3-8-21-18(24)13-6-9-22(10-7-13)17(23)12-25-14-4-5-15(19)16(20)11-14/h4-5,11,13H,2-3,6-10,12H2,1H3,(H,21,24). The van der Waals surface area contributed by atoms with Crippen LogP contribution in [0, 0.1) is 17.6 Å². The van der Waals surface area contributed by atoms with E-state index < -0.39 is 11.6 Å². The Morgan fingerprint density at radius 3 is 2.60 bits per heavy atom. The van der Waals surface area contributed by atoms with Gasteiger partial charge in [0.15, 0.2) is 11.6 Å². The molecule has 1 aromatic rings. The van der Waals surface area contributed by atoms with Crippen molar-refractivity contribution in [3.05, 3.63) is 29.8 Å². The summed E-state index contributed by atoms with van der Waals surface area (Å²) >= 11 is 1.19. The fraction of sp³-hybridized carbons (Fsp3) is 0.556. The first-order valence-corrected chi connectivity index (χ1v) is 9.63. The molecule has 0 spiro atoms. The number of benzene rings is 1. The molecule has 0 radical (unpaired) electrons. The lowest BCUT2D eigenvalue weighted by Crippen LogP contribution is -2.43. The van der Waals surface area contributed by atoms with Crippen LogP contribution in [0.1, 0.15) is 32.6 Å². The van der Waals surface area contributed by atoms with E-state index in [4.69, 9.17) is 0 Å². The number of halogens is 2. The molecule has 0 saturated carbocycles. The van der Waals surface area contributed by atoms with Crippen LogP contribution in [0.25, 0.3) is 0 Å². The van der Waals surface area contributed by atoms with Gasteiger partial charge < -0.3 is 10.2 Å². The minimum absolute atomic E-state index is 0.0280. The zero-order valence-corrected chi connectivity index (χ0v) is 15.2. The Hall–Kier alpha value is -1.63. The maximum Gasteiger partial charge on any atom is 0.232 e. The monoisotopic (exact) mass is 370 g/mol. The lowest BCUT2D eigenvalue weighted by atomic mass is 9.96. The van der Waals surface area contributed by atoms with E-state index in [1.54, 1.807) is 4.90 Å². The smallest absolute Gasteiger partial charge is 0.232 e. The zero-order valence-electron chi connectivity index (χ0n) is 14.4. The summed E-state index contributed by atoms with van der Waals surface area (Å²) in [6.07, 6.45) is 3.35. The van der Waals surface area contributed by atoms with Gasteiger partial charge in [0, 0.05) is 30.4 Å². The van der Waals surface area contributed by atoms with Gasteiger partial charge in [0.1, 0.15) is 0 Å². The molecule has 1 aliphatic heterocycles. The van der Waals surface area contributed by atoms with Crippen molar-refractivity contribution in [2.24, 2.45) is 5.92 Å². The van der Waals surface area contributed by atoms with Gasteiger partial charge in [0.2, 0.25) is 11.8 Å². The highest BCUT2D eigenvalue weighted by Crippen LogP contribution is 2.23. The van der Waals surface area contributed by atoms with Crippen molar-refractivity contribution in [3.63, 3.8) is 0 Å². The zero-order chi connectivity index (χ0) is 18.2. The van der Waals surface area contributed by atoms with E-state index in [1.165, 1.54) is 17.8 Å². The highest BCUT2D eigenvalue weighted by molar-refractivity contribution is 8.00. The van der Waals surface area contributed by atoms with Crippen molar-refractivity contribution in [2.45, 2.75) is 37.5 Å². The predicted octanol–water partition coefficient (Wildman–Crippen LogP) is 3.21. The Bertz CT molecular complexity index is 605. The quantitative estimate of drug-likeness (QED) is 0.592. The molecular weight excluding hydrogens is 346 g/mol. The van der Waals surface area contributed by atoms with Gasteiger partial charge >= 0.3 is 0 Å². The molecule has 1 aromatic carbocycles. The van der Waals surface area contributed by atoms with Crippen LogP contribution in [0.3, 0.4) is 0 Å². The van der Waals surface area contributed by atoms with E-state index in [9.17, 15) is 18.4 Å². The third-order valence-corrected chi connectivity index (χ3v) is 5.28. The van der Waals surface area contributed by atoms with Crippen LogP contribution in [0.5, 0.6) is 0 Å². The third kappa shape index (κ3) is 5.99. The first-order chi connectivity index (χ1) is 12.0. The van der Waals surface area contributed by atoms with Crippen molar-refractivity contribution >= 4 is 23.6 Å². The second kappa shape index (κ2) is 9.75. The van der Waals surface area contributed by atoms with Gasteiger partial charge in [-0.1, -0.05) is 13.3 Å². The second-order valence-electron chi connectivity index (χ2n) is 6.16. The first kappa shape index (κ1) is 19.7. The maximum absolute atomic E-state index is 13.2. The Morgan fingerprint density at radius 1 is 1.24 bits per heavy atom. The molecule has 0 unspecified atom stereocenters. The molecule has 0 atom stereocenters. The minimum atomic E-state index is -0.910. The summed E-state index contributed by atoms with van der Waals surface area (Å²) in [5.41, 5.74) is 0. The average molecular weight is 370 g/mol. The molecule has 138 valence electrons. The molecule has 0 aromatic heterocycles. The van der Waals surface area contributed by atoms with Crippen molar-refractivity contribution in [1.82, 2.24) is 10.2 Å². The fourth-order valence-corrected chi connectivity index (χ4v) is 3.55. The Labute approximate surface area is 151 Å². The molecule has 1 aliphatic rings. The van der Waals surface area contributed by atoms with Crippen LogP contribution in [0.15, 0.2) is 23.1 Å². The fourth-order valence-electron chi connectivity index (χ4n) is 2.73. The van der Waals surface area contributed by atoms with Gasteiger partial charge in [0.25, 0.3) is 0 Å². The van der Waals surface area contributed by atoms with Crippen LogP contribution >= 0.6 is 11.8 Å². The van der Waals surface area contributed by atoms with Crippen LogP contribution in [-0.4, -0.2) is 42.1 Å². The summed E-state index contributed by atoms with van der Waals surface area (Å²) in [7, 11) is 0. The number of amides is 2. The van der Waals surface area contributed by atoms with Gasteiger partial charge in [-0.15, -0.1) is 11.8 Å². The van der Waals surface area contributed by atoms with E-state index in [0.717, 1.165) is 25.0 Å². The number of rotatable bonds is 7. The number of nitrogens with one attached hydrogen (secondary N) is 1.